The monoisotopic (exact) mass is 250 g/mol. The Bertz CT molecular complexity index is 427. The van der Waals surface area contributed by atoms with Gasteiger partial charge in [-0.15, -0.1) is 11.3 Å². The quantitative estimate of drug-likeness (QED) is 0.894. The molecule has 1 N–H and O–H groups in total. The van der Waals surface area contributed by atoms with Gasteiger partial charge in [-0.3, -0.25) is 10.1 Å². The zero-order valence-electron chi connectivity index (χ0n) is 10.3. The average molecular weight is 250 g/mol. The molecule has 1 saturated heterocycles. The molecule has 1 amide bonds. The molecule has 1 aliphatic carbocycles. The number of amides is 1. The van der Waals surface area contributed by atoms with E-state index in [-0.39, 0.29) is 17.6 Å². The van der Waals surface area contributed by atoms with Gasteiger partial charge in [0.05, 0.1) is 5.54 Å². The second-order valence-electron chi connectivity index (χ2n) is 5.19. The van der Waals surface area contributed by atoms with Crippen LogP contribution < -0.4 is 5.32 Å². The van der Waals surface area contributed by atoms with E-state index in [0.717, 1.165) is 19.3 Å². The standard InChI is InChI=1S/C13H18N2OS/c1-3-13(2)12(16)15(9-6-7-9)11(14-13)10-5-4-8-17-10/h4-5,8-9,11,14H,3,6-7H2,1-2H3. The van der Waals surface area contributed by atoms with Crippen LogP contribution in [0.5, 0.6) is 0 Å². The van der Waals surface area contributed by atoms with Crippen LogP contribution in [0.25, 0.3) is 0 Å². The fraction of sp³-hybridized carbons (Fsp3) is 0.615. The van der Waals surface area contributed by atoms with Crippen LogP contribution in [0, 0.1) is 0 Å². The number of carbonyl (C=O) groups excluding carboxylic acids is 1. The molecule has 0 spiro atoms. The van der Waals surface area contributed by atoms with Crippen molar-refractivity contribution in [1.82, 2.24) is 10.2 Å². The fourth-order valence-electron chi connectivity index (χ4n) is 2.47. The van der Waals surface area contributed by atoms with E-state index in [1.165, 1.54) is 4.88 Å². The smallest absolute Gasteiger partial charge is 0.244 e. The lowest BCUT2D eigenvalue weighted by Gasteiger charge is -2.22. The molecule has 2 atom stereocenters. The van der Waals surface area contributed by atoms with Crippen LogP contribution >= 0.6 is 11.3 Å². The van der Waals surface area contributed by atoms with Crippen molar-refractivity contribution in [1.29, 1.82) is 0 Å². The van der Waals surface area contributed by atoms with Crippen molar-refractivity contribution in [2.45, 2.75) is 50.9 Å². The Morgan fingerprint density at radius 1 is 1.59 bits per heavy atom. The topological polar surface area (TPSA) is 32.3 Å². The molecule has 1 aromatic rings. The molecule has 1 aliphatic heterocycles. The molecule has 17 heavy (non-hydrogen) atoms. The maximum absolute atomic E-state index is 12.5. The predicted octanol–water partition coefficient (Wildman–Crippen LogP) is 2.51. The Morgan fingerprint density at radius 2 is 2.35 bits per heavy atom. The van der Waals surface area contributed by atoms with E-state index in [2.05, 4.69) is 34.7 Å². The first kappa shape index (κ1) is 11.2. The molecule has 1 saturated carbocycles. The molecule has 3 rings (SSSR count). The van der Waals surface area contributed by atoms with Gasteiger partial charge in [-0.1, -0.05) is 13.0 Å². The summed E-state index contributed by atoms with van der Waals surface area (Å²) in [5, 5.41) is 5.60. The van der Waals surface area contributed by atoms with Crippen molar-refractivity contribution in [2.75, 3.05) is 0 Å². The summed E-state index contributed by atoms with van der Waals surface area (Å²) in [4.78, 5) is 15.8. The molecular formula is C13H18N2OS. The van der Waals surface area contributed by atoms with E-state index in [4.69, 9.17) is 0 Å². The Balaban J connectivity index is 1.95. The van der Waals surface area contributed by atoms with Crippen LogP contribution in [0.3, 0.4) is 0 Å². The van der Waals surface area contributed by atoms with E-state index >= 15 is 0 Å². The molecule has 0 bridgehead atoms. The van der Waals surface area contributed by atoms with Crippen LogP contribution in [0.4, 0.5) is 0 Å². The highest BCUT2D eigenvalue weighted by Crippen LogP contribution is 2.41. The third kappa shape index (κ3) is 1.70. The lowest BCUT2D eigenvalue weighted by Crippen LogP contribution is -2.43. The molecule has 2 fully saturated rings. The van der Waals surface area contributed by atoms with Gasteiger partial charge in [0.25, 0.3) is 0 Å². The highest BCUT2D eigenvalue weighted by molar-refractivity contribution is 7.10. The summed E-state index contributed by atoms with van der Waals surface area (Å²) in [5.74, 6) is 0.279. The second-order valence-corrected chi connectivity index (χ2v) is 6.17. The summed E-state index contributed by atoms with van der Waals surface area (Å²) in [5.41, 5.74) is -0.378. The van der Waals surface area contributed by atoms with Crippen molar-refractivity contribution in [3.8, 4) is 0 Å². The van der Waals surface area contributed by atoms with Gasteiger partial charge in [0.2, 0.25) is 5.91 Å². The highest BCUT2D eigenvalue weighted by atomic mass is 32.1. The first-order chi connectivity index (χ1) is 8.15. The molecule has 2 unspecified atom stereocenters. The summed E-state index contributed by atoms with van der Waals surface area (Å²) in [6.45, 7) is 4.10. The Hall–Kier alpha value is -0.870. The van der Waals surface area contributed by atoms with Crippen molar-refractivity contribution in [2.24, 2.45) is 0 Å². The van der Waals surface area contributed by atoms with Crippen LogP contribution in [0.1, 0.15) is 44.2 Å². The van der Waals surface area contributed by atoms with Gasteiger partial charge in [-0.25, -0.2) is 0 Å². The molecular weight excluding hydrogens is 232 g/mol. The molecule has 4 heteroatoms. The van der Waals surface area contributed by atoms with Gasteiger partial charge in [-0.2, -0.15) is 0 Å². The molecule has 2 aliphatic rings. The van der Waals surface area contributed by atoms with Crippen LogP contribution in [-0.4, -0.2) is 22.4 Å². The number of nitrogens with zero attached hydrogens (tertiary/aromatic N) is 1. The molecule has 0 aromatic carbocycles. The van der Waals surface area contributed by atoms with E-state index in [0.29, 0.717) is 6.04 Å². The summed E-state index contributed by atoms with van der Waals surface area (Å²) in [6, 6.07) is 4.64. The van der Waals surface area contributed by atoms with Crippen LogP contribution in [0.15, 0.2) is 17.5 Å². The molecule has 0 radical (unpaired) electrons. The zero-order chi connectivity index (χ0) is 12.0. The van der Waals surface area contributed by atoms with Gasteiger partial charge < -0.3 is 4.90 Å². The third-order valence-electron chi connectivity index (χ3n) is 3.90. The lowest BCUT2D eigenvalue weighted by molar-refractivity contribution is -0.133. The van der Waals surface area contributed by atoms with E-state index in [9.17, 15) is 4.79 Å². The fourth-order valence-corrected chi connectivity index (χ4v) is 3.25. The molecule has 1 aromatic heterocycles. The minimum atomic E-state index is -0.378. The van der Waals surface area contributed by atoms with Crippen molar-refractivity contribution in [3.63, 3.8) is 0 Å². The Kier molecular flexibility index (Phi) is 2.52. The number of carbonyl (C=O) groups is 1. The Labute approximate surface area is 106 Å². The normalized spacial score (nSPS) is 33.4. The SMILES string of the molecule is CCC1(C)NC(c2cccs2)N(C2CC2)C1=O. The number of thiophene rings is 1. The minimum Gasteiger partial charge on any atom is -0.317 e. The largest absolute Gasteiger partial charge is 0.317 e. The van der Waals surface area contributed by atoms with E-state index < -0.39 is 0 Å². The van der Waals surface area contributed by atoms with Gasteiger partial charge in [-0.05, 0) is 37.6 Å². The van der Waals surface area contributed by atoms with Crippen LogP contribution in [0.2, 0.25) is 0 Å². The van der Waals surface area contributed by atoms with Crippen molar-refractivity contribution in [3.05, 3.63) is 22.4 Å². The molecule has 92 valence electrons. The summed E-state index contributed by atoms with van der Waals surface area (Å²) < 4.78 is 0. The average Bonchev–Trinajstić information content (AvgIpc) is 2.93. The van der Waals surface area contributed by atoms with Crippen molar-refractivity contribution < 1.29 is 4.79 Å². The Morgan fingerprint density at radius 3 is 2.88 bits per heavy atom. The van der Waals surface area contributed by atoms with Gasteiger partial charge in [0.15, 0.2) is 0 Å². The number of rotatable bonds is 3. The first-order valence-corrected chi connectivity index (χ1v) is 7.17. The first-order valence-electron chi connectivity index (χ1n) is 6.29. The van der Waals surface area contributed by atoms with Crippen LogP contribution in [-0.2, 0) is 4.79 Å². The van der Waals surface area contributed by atoms with Crippen molar-refractivity contribution >= 4 is 17.2 Å². The van der Waals surface area contributed by atoms with E-state index in [1.54, 1.807) is 11.3 Å². The molecule has 2 heterocycles. The summed E-state index contributed by atoms with van der Waals surface area (Å²) in [7, 11) is 0. The zero-order valence-corrected chi connectivity index (χ0v) is 11.1. The van der Waals surface area contributed by atoms with Gasteiger partial charge >= 0.3 is 0 Å². The maximum atomic E-state index is 12.5. The second kappa shape index (κ2) is 3.82. The maximum Gasteiger partial charge on any atom is 0.244 e. The number of hydrogen-bond acceptors (Lipinski definition) is 3. The van der Waals surface area contributed by atoms with Gasteiger partial charge in [0, 0.05) is 10.9 Å². The lowest BCUT2D eigenvalue weighted by atomic mass is 9.99. The highest BCUT2D eigenvalue weighted by Gasteiger charge is 2.52. The molecule has 3 nitrogen and oxygen atoms in total. The summed E-state index contributed by atoms with van der Waals surface area (Å²) >= 11 is 1.73. The summed E-state index contributed by atoms with van der Waals surface area (Å²) in [6.07, 6.45) is 3.26. The third-order valence-corrected chi connectivity index (χ3v) is 4.82. The number of hydrogen-bond donors (Lipinski definition) is 1. The van der Waals surface area contributed by atoms with Gasteiger partial charge in [0.1, 0.15) is 6.17 Å². The number of nitrogens with one attached hydrogen (secondary N) is 1. The predicted molar refractivity (Wildman–Crippen MR) is 68.8 cm³/mol. The van der Waals surface area contributed by atoms with E-state index in [1.807, 2.05) is 6.92 Å². The minimum absolute atomic E-state index is 0.0972.